The first-order chi connectivity index (χ1) is 11.6. The molecule has 0 aliphatic carbocycles. The highest BCUT2D eigenvalue weighted by Crippen LogP contribution is 2.22. The van der Waals surface area contributed by atoms with E-state index in [1.54, 1.807) is 24.3 Å². The standard InChI is InChI=1S/C17H19N3O4/c21-14-11-19(9-4-8-18-14)15(22)7-3-10-20-16(23)12-5-1-2-6-13(12)17(20)24/h1-2,5-6H,3-4,7-11H2,(H,18,21). The summed E-state index contributed by atoms with van der Waals surface area (Å²) in [5, 5.41) is 2.72. The SMILES string of the molecule is O=C1CN(C(=O)CCCN2C(=O)c3ccccc3C2=O)CCCN1. The third-order valence-electron chi connectivity index (χ3n) is 4.26. The number of carbonyl (C=O) groups excluding carboxylic acids is 4. The number of nitrogens with zero attached hydrogens (tertiary/aromatic N) is 2. The van der Waals surface area contributed by atoms with Crippen LogP contribution in [0.15, 0.2) is 24.3 Å². The largest absolute Gasteiger partial charge is 0.354 e. The van der Waals surface area contributed by atoms with Gasteiger partial charge >= 0.3 is 0 Å². The van der Waals surface area contributed by atoms with Crippen LogP contribution in [0.1, 0.15) is 40.0 Å². The molecule has 1 N–H and O–H groups in total. The Labute approximate surface area is 139 Å². The minimum Gasteiger partial charge on any atom is -0.354 e. The monoisotopic (exact) mass is 329 g/mol. The molecule has 126 valence electrons. The van der Waals surface area contributed by atoms with Gasteiger partial charge in [0.1, 0.15) is 0 Å². The third kappa shape index (κ3) is 3.15. The van der Waals surface area contributed by atoms with E-state index >= 15 is 0 Å². The molecule has 1 aromatic carbocycles. The molecule has 7 heteroatoms. The number of hydrogen-bond donors (Lipinski definition) is 1. The molecule has 0 saturated carbocycles. The van der Waals surface area contributed by atoms with E-state index in [1.807, 2.05) is 0 Å². The van der Waals surface area contributed by atoms with Crippen molar-refractivity contribution >= 4 is 23.6 Å². The summed E-state index contributed by atoms with van der Waals surface area (Å²) >= 11 is 0. The van der Waals surface area contributed by atoms with Gasteiger partial charge in [-0.15, -0.1) is 0 Å². The van der Waals surface area contributed by atoms with Crippen molar-refractivity contribution < 1.29 is 19.2 Å². The molecule has 0 atom stereocenters. The van der Waals surface area contributed by atoms with Gasteiger partial charge < -0.3 is 10.2 Å². The minimum atomic E-state index is -0.308. The predicted molar refractivity (Wildman–Crippen MR) is 85.2 cm³/mol. The Hall–Kier alpha value is -2.70. The van der Waals surface area contributed by atoms with Crippen LogP contribution in [0.25, 0.3) is 0 Å². The molecule has 0 radical (unpaired) electrons. The number of benzene rings is 1. The summed E-state index contributed by atoms with van der Waals surface area (Å²) in [5.41, 5.74) is 0.830. The second-order valence-corrected chi connectivity index (χ2v) is 5.93. The van der Waals surface area contributed by atoms with Gasteiger partial charge in [-0.05, 0) is 25.0 Å². The molecule has 2 aliphatic rings. The number of nitrogens with one attached hydrogen (secondary N) is 1. The first kappa shape index (κ1) is 16.2. The fraction of sp³-hybridized carbons (Fsp3) is 0.412. The maximum atomic E-state index is 12.2. The van der Waals surface area contributed by atoms with E-state index in [0.717, 1.165) is 6.42 Å². The molecule has 0 spiro atoms. The molecular formula is C17H19N3O4. The Bertz CT molecular complexity index is 666. The maximum absolute atomic E-state index is 12.2. The minimum absolute atomic E-state index is 0.0752. The molecule has 2 aliphatic heterocycles. The van der Waals surface area contributed by atoms with Crippen LogP contribution in [0.4, 0.5) is 0 Å². The number of hydrogen-bond acceptors (Lipinski definition) is 4. The summed E-state index contributed by atoms with van der Waals surface area (Å²) in [5.74, 6) is -0.890. The lowest BCUT2D eigenvalue weighted by molar-refractivity contribution is -0.135. The van der Waals surface area contributed by atoms with Crippen LogP contribution in [-0.2, 0) is 9.59 Å². The van der Waals surface area contributed by atoms with Crippen molar-refractivity contribution in [2.75, 3.05) is 26.2 Å². The first-order valence-corrected chi connectivity index (χ1v) is 8.07. The van der Waals surface area contributed by atoms with Gasteiger partial charge in [0, 0.05) is 26.1 Å². The molecule has 3 rings (SSSR count). The van der Waals surface area contributed by atoms with Crippen molar-refractivity contribution in [2.45, 2.75) is 19.3 Å². The summed E-state index contributed by atoms with van der Waals surface area (Å²) in [6, 6.07) is 6.72. The van der Waals surface area contributed by atoms with E-state index < -0.39 is 0 Å². The van der Waals surface area contributed by atoms with Gasteiger partial charge in [-0.2, -0.15) is 0 Å². The topological polar surface area (TPSA) is 86.8 Å². The van der Waals surface area contributed by atoms with Crippen LogP contribution < -0.4 is 5.32 Å². The number of imide groups is 1. The van der Waals surface area contributed by atoms with Crippen molar-refractivity contribution in [3.8, 4) is 0 Å². The van der Waals surface area contributed by atoms with E-state index in [0.29, 0.717) is 30.6 Å². The maximum Gasteiger partial charge on any atom is 0.261 e. The van der Waals surface area contributed by atoms with Crippen molar-refractivity contribution in [1.29, 1.82) is 0 Å². The Morgan fingerprint density at radius 2 is 1.75 bits per heavy atom. The highest BCUT2D eigenvalue weighted by molar-refractivity contribution is 6.21. The zero-order valence-corrected chi connectivity index (χ0v) is 13.3. The molecule has 1 saturated heterocycles. The summed E-state index contributed by atoms with van der Waals surface area (Å²) in [6.07, 6.45) is 1.33. The van der Waals surface area contributed by atoms with Crippen LogP contribution in [0, 0.1) is 0 Å². The summed E-state index contributed by atoms with van der Waals surface area (Å²) < 4.78 is 0. The Morgan fingerprint density at radius 3 is 2.42 bits per heavy atom. The quantitative estimate of drug-likeness (QED) is 0.811. The normalized spacial score (nSPS) is 17.6. The Balaban J connectivity index is 1.54. The first-order valence-electron chi connectivity index (χ1n) is 8.07. The number of amides is 4. The molecule has 0 bridgehead atoms. The second-order valence-electron chi connectivity index (χ2n) is 5.93. The van der Waals surface area contributed by atoms with Crippen LogP contribution in [0.2, 0.25) is 0 Å². The molecule has 7 nitrogen and oxygen atoms in total. The summed E-state index contributed by atoms with van der Waals surface area (Å²) in [7, 11) is 0. The number of carbonyl (C=O) groups is 4. The molecule has 0 unspecified atom stereocenters. The van der Waals surface area contributed by atoms with Gasteiger partial charge in [0.25, 0.3) is 11.8 Å². The van der Waals surface area contributed by atoms with Crippen molar-refractivity contribution in [1.82, 2.24) is 15.1 Å². The van der Waals surface area contributed by atoms with Gasteiger partial charge in [-0.3, -0.25) is 24.1 Å². The zero-order valence-electron chi connectivity index (χ0n) is 13.3. The van der Waals surface area contributed by atoms with Gasteiger partial charge in [-0.1, -0.05) is 12.1 Å². The summed E-state index contributed by atoms with van der Waals surface area (Å²) in [4.78, 5) is 50.9. The molecule has 1 fully saturated rings. The van der Waals surface area contributed by atoms with E-state index in [4.69, 9.17) is 0 Å². The molecule has 0 aromatic heterocycles. The van der Waals surface area contributed by atoms with Crippen LogP contribution in [0.5, 0.6) is 0 Å². The lowest BCUT2D eigenvalue weighted by Gasteiger charge is -2.20. The third-order valence-corrected chi connectivity index (χ3v) is 4.26. The van der Waals surface area contributed by atoms with Crippen molar-refractivity contribution in [3.63, 3.8) is 0 Å². The van der Waals surface area contributed by atoms with Crippen LogP contribution >= 0.6 is 0 Å². The highest BCUT2D eigenvalue weighted by atomic mass is 16.2. The lowest BCUT2D eigenvalue weighted by atomic mass is 10.1. The molecule has 1 aromatic rings. The predicted octanol–water partition coefficient (Wildman–Crippen LogP) is 0.411. The second kappa shape index (κ2) is 6.82. The molecule has 4 amide bonds. The number of fused-ring (bicyclic) bond motifs is 1. The van der Waals surface area contributed by atoms with Crippen molar-refractivity contribution in [2.24, 2.45) is 0 Å². The highest BCUT2D eigenvalue weighted by Gasteiger charge is 2.34. The molecule has 2 heterocycles. The van der Waals surface area contributed by atoms with E-state index in [1.165, 1.54) is 9.80 Å². The van der Waals surface area contributed by atoms with Gasteiger partial charge in [-0.25, -0.2) is 0 Å². The smallest absolute Gasteiger partial charge is 0.261 e. The van der Waals surface area contributed by atoms with Gasteiger partial charge in [0.05, 0.1) is 17.7 Å². The van der Waals surface area contributed by atoms with Crippen LogP contribution in [0.3, 0.4) is 0 Å². The van der Waals surface area contributed by atoms with E-state index in [2.05, 4.69) is 5.32 Å². The lowest BCUT2D eigenvalue weighted by Crippen LogP contribution is -2.38. The van der Waals surface area contributed by atoms with E-state index in [9.17, 15) is 19.2 Å². The van der Waals surface area contributed by atoms with Crippen molar-refractivity contribution in [3.05, 3.63) is 35.4 Å². The molecule has 24 heavy (non-hydrogen) atoms. The average molecular weight is 329 g/mol. The Morgan fingerprint density at radius 1 is 1.08 bits per heavy atom. The van der Waals surface area contributed by atoms with Gasteiger partial charge in [0.2, 0.25) is 11.8 Å². The van der Waals surface area contributed by atoms with Crippen LogP contribution in [-0.4, -0.2) is 59.6 Å². The zero-order chi connectivity index (χ0) is 17.1. The van der Waals surface area contributed by atoms with E-state index in [-0.39, 0.29) is 43.1 Å². The molecular weight excluding hydrogens is 310 g/mol. The summed E-state index contributed by atoms with van der Waals surface area (Å²) in [6.45, 7) is 1.41. The Kier molecular flexibility index (Phi) is 4.59. The average Bonchev–Trinajstić information content (AvgIpc) is 2.73. The van der Waals surface area contributed by atoms with Gasteiger partial charge in [0.15, 0.2) is 0 Å². The fourth-order valence-electron chi connectivity index (χ4n) is 3.01. The number of rotatable bonds is 4. The fourth-order valence-corrected chi connectivity index (χ4v) is 3.01.